The van der Waals surface area contributed by atoms with Crippen LogP contribution in [0.4, 0.5) is 0 Å². The molecule has 1 aromatic rings. The van der Waals surface area contributed by atoms with Crippen molar-refractivity contribution in [3.8, 4) is 0 Å². The normalized spacial score (nSPS) is 9.43. The van der Waals surface area contributed by atoms with E-state index in [0.29, 0.717) is 0 Å². The zero-order chi connectivity index (χ0) is 10.6. The highest BCUT2D eigenvalue weighted by atomic mass is 15.0. The Morgan fingerprint density at radius 2 is 1.21 bits per heavy atom. The fourth-order valence-corrected chi connectivity index (χ4v) is 1.06. The van der Waals surface area contributed by atoms with Gasteiger partial charge in [0, 0.05) is 0 Å². The zero-order valence-corrected chi connectivity index (χ0v) is 9.74. The number of hydrogen-bond acceptors (Lipinski definition) is 1. The summed E-state index contributed by atoms with van der Waals surface area (Å²) in [6.45, 7) is 3.48. The Morgan fingerprint density at radius 3 is 1.50 bits per heavy atom. The second kappa shape index (κ2) is 10.3. The molecular weight excluding hydrogens is 170 g/mol. The predicted molar refractivity (Wildman–Crippen MR) is 64.5 cm³/mol. The topological polar surface area (TPSA) is 3.24 Å². The standard InChI is InChI=1S/C7H17N.C6H6/c1-4-5-6-7-8(2)3;1-2-4-6-5-3-1/h4-7H2,1-3H3;1-6H. The van der Waals surface area contributed by atoms with E-state index in [1.165, 1.54) is 25.8 Å². The van der Waals surface area contributed by atoms with Gasteiger partial charge in [0.05, 0.1) is 0 Å². The Labute approximate surface area is 88.8 Å². The van der Waals surface area contributed by atoms with E-state index >= 15 is 0 Å². The van der Waals surface area contributed by atoms with E-state index in [1.54, 1.807) is 0 Å². The Balaban J connectivity index is 0.000000249. The van der Waals surface area contributed by atoms with E-state index in [0.717, 1.165) is 0 Å². The van der Waals surface area contributed by atoms with Gasteiger partial charge in [-0.05, 0) is 27.1 Å². The van der Waals surface area contributed by atoms with Gasteiger partial charge >= 0.3 is 0 Å². The van der Waals surface area contributed by atoms with Crippen LogP contribution in [0.5, 0.6) is 0 Å². The van der Waals surface area contributed by atoms with Gasteiger partial charge in [-0.3, -0.25) is 0 Å². The van der Waals surface area contributed by atoms with Gasteiger partial charge in [-0.2, -0.15) is 0 Å². The van der Waals surface area contributed by atoms with Crippen LogP contribution in [0.2, 0.25) is 0 Å². The van der Waals surface area contributed by atoms with Gasteiger partial charge in [-0.25, -0.2) is 0 Å². The monoisotopic (exact) mass is 193 g/mol. The molecule has 1 heteroatoms. The van der Waals surface area contributed by atoms with Crippen molar-refractivity contribution in [2.75, 3.05) is 20.6 Å². The van der Waals surface area contributed by atoms with Crippen molar-refractivity contribution in [2.45, 2.75) is 26.2 Å². The summed E-state index contributed by atoms with van der Waals surface area (Å²) in [4.78, 5) is 2.23. The summed E-state index contributed by atoms with van der Waals surface area (Å²) in [5, 5.41) is 0. The predicted octanol–water partition coefficient (Wildman–Crippen LogP) is 3.42. The van der Waals surface area contributed by atoms with Gasteiger partial charge in [0.15, 0.2) is 0 Å². The minimum atomic E-state index is 1.24. The average molecular weight is 193 g/mol. The number of hydrogen-bond donors (Lipinski definition) is 0. The highest BCUT2D eigenvalue weighted by Gasteiger charge is 1.86. The van der Waals surface area contributed by atoms with Crippen molar-refractivity contribution < 1.29 is 0 Å². The molecule has 0 atom stereocenters. The quantitative estimate of drug-likeness (QED) is 0.662. The minimum absolute atomic E-state index is 1.24. The molecule has 0 radical (unpaired) electrons. The molecule has 1 nitrogen and oxygen atoms in total. The summed E-state index contributed by atoms with van der Waals surface area (Å²) >= 11 is 0. The van der Waals surface area contributed by atoms with E-state index < -0.39 is 0 Å². The first-order valence-corrected chi connectivity index (χ1v) is 5.42. The van der Waals surface area contributed by atoms with Crippen LogP contribution < -0.4 is 0 Å². The van der Waals surface area contributed by atoms with Gasteiger partial charge in [-0.15, -0.1) is 0 Å². The van der Waals surface area contributed by atoms with Crippen molar-refractivity contribution in [1.29, 1.82) is 0 Å². The van der Waals surface area contributed by atoms with Gasteiger partial charge in [0.2, 0.25) is 0 Å². The molecule has 0 saturated heterocycles. The Hall–Kier alpha value is -0.820. The highest BCUT2D eigenvalue weighted by molar-refractivity contribution is 4.99. The molecule has 0 saturated carbocycles. The van der Waals surface area contributed by atoms with Crippen LogP contribution in [-0.2, 0) is 0 Å². The lowest BCUT2D eigenvalue weighted by atomic mass is 10.2. The average Bonchev–Trinajstić information content (AvgIpc) is 2.21. The first kappa shape index (κ1) is 13.2. The molecule has 0 heterocycles. The van der Waals surface area contributed by atoms with Gasteiger partial charge in [0.1, 0.15) is 0 Å². The lowest BCUT2D eigenvalue weighted by Gasteiger charge is -2.06. The summed E-state index contributed by atoms with van der Waals surface area (Å²) in [6.07, 6.45) is 4.05. The van der Waals surface area contributed by atoms with Crippen LogP contribution >= 0.6 is 0 Å². The molecule has 0 aromatic heterocycles. The lowest BCUT2D eigenvalue weighted by Crippen LogP contribution is -2.12. The van der Waals surface area contributed by atoms with Crippen LogP contribution in [0.25, 0.3) is 0 Å². The van der Waals surface area contributed by atoms with Gasteiger partial charge in [-0.1, -0.05) is 56.2 Å². The molecule has 14 heavy (non-hydrogen) atoms. The largest absolute Gasteiger partial charge is 0.309 e. The van der Waals surface area contributed by atoms with E-state index in [9.17, 15) is 0 Å². The Morgan fingerprint density at radius 1 is 0.786 bits per heavy atom. The van der Waals surface area contributed by atoms with E-state index in [1.807, 2.05) is 36.4 Å². The maximum absolute atomic E-state index is 2.23. The SMILES string of the molecule is CCCCCN(C)C.c1ccccc1. The van der Waals surface area contributed by atoms with Crippen molar-refractivity contribution >= 4 is 0 Å². The van der Waals surface area contributed by atoms with Crippen LogP contribution in [0.1, 0.15) is 26.2 Å². The van der Waals surface area contributed by atoms with Crippen molar-refractivity contribution in [3.05, 3.63) is 36.4 Å². The molecule has 0 spiro atoms. The van der Waals surface area contributed by atoms with Crippen LogP contribution in [-0.4, -0.2) is 25.5 Å². The van der Waals surface area contributed by atoms with E-state index in [-0.39, 0.29) is 0 Å². The van der Waals surface area contributed by atoms with Crippen molar-refractivity contribution in [3.63, 3.8) is 0 Å². The summed E-state index contributed by atoms with van der Waals surface area (Å²) in [5.74, 6) is 0. The fourth-order valence-electron chi connectivity index (χ4n) is 1.06. The molecule has 0 bridgehead atoms. The molecule has 0 unspecified atom stereocenters. The molecule has 80 valence electrons. The number of nitrogens with zero attached hydrogens (tertiary/aromatic N) is 1. The number of benzene rings is 1. The van der Waals surface area contributed by atoms with Gasteiger partial charge in [0.25, 0.3) is 0 Å². The van der Waals surface area contributed by atoms with E-state index in [4.69, 9.17) is 0 Å². The number of rotatable bonds is 4. The zero-order valence-electron chi connectivity index (χ0n) is 9.74. The maximum atomic E-state index is 2.23. The maximum Gasteiger partial charge on any atom is -0.00248 e. The Bertz CT molecular complexity index is 155. The molecule has 1 rings (SSSR count). The molecule has 1 aromatic carbocycles. The lowest BCUT2D eigenvalue weighted by molar-refractivity contribution is 0.393. The summed E-state index contributed by atoms with van der Waals surface area (Å²) in [6, 6.07) is 12.0. The summed E-state index contributed by atoms with van der Waals surface area (Å²) in [7, 11) is 4.24. The second-order valence-electron chi connectivity index (χ2n) is 3.67. The van der Waals surface area contributed by atoms with Crippen LogP contribution in [0.3, 0.4) is 0 Å². The van der Waals surface area contributed by atoms with Gasteiger partial charge < -0.3 is 4.90 Å². The third kappa shape index (κ3) is 11.2. The van der Waals surface area contributed by atoms with Crippen molar-refractivity contribution in [1.82, 2.24) is 4.90 Å². The smallest absolute Gasteiger partial charge is 0.00248 e. The van der Waals surface area contributed by atoms with Crippen LogP contribution in [0, 0.1) is 0 Å². The molecule has 0 aliphatic carbocycles. The first-order valence-electron chi connectivity index (χ1n) is 5.42. The molecule has 0 fully saturated rings. The first-order chi connectivity index (χ1) is 6.77. The third-order valence-corrected chi connectivity index (χ3v) is 1.88. The summed E-state index contributed by atoms with van der Waals surface area (Å²) < 4.78 is 0. The van der Waals surface area contributed by atoms with E-state index in [2.05, 4.69) is 25.9 Å². The van der Waals surface area contributed by atoms with Crippen LogP contribution in [0.15, 0.2) is 36.4 Å². The molecule has 0 N–H and O–H groups in total. The minimum Gasteiger partial charge on any atom is -0.309 e. The molecule has 0 aliphatic heterocycles. The Kier molecular flexibility index (Phi) is 9.66. The fraction of sp³-hybridized carbons (Fsp3) is 0.538. The van der Waals surface area contributed by atoms with Crippen molar-refractivity contribution in [2.24, 2.45) is 0 Å². The second-order valence-corrected chi connectivity index (χ2v) is 3.67. The third-order valence-electron chi connectivity index (χ3n) is 1.88. The molecular formula is C13H23N. The molecule has 0 amide bonds. The number of unbranched alkanes of at least 4 members (excludes halogenated alkanes) is 2. The molecule has 0 aliphatic rings. The highest BCUT2D eigenvalue weighted by Crippen LogP contribution is 1.93. The summed E-state index contributed by atoms with van der Waals surface area (Å²) in [5.41, 5.74) is 0.